The average molecular weight is 411 g/mol. The second-order valence-corrected chi connectivity index (χ2v) is 8.67. The Hall–Kier alpha value is -2.09. The lowest BCUT2D eigenvalue weighted by Crippen LogP contribution is -2.25. The third kappa shape index (κ3) is 6.23. The van der Waals surface area contributed by atoms with E-state index in [4.69, 9.17) is 16.3 Å². The Balaban J connectivity index is 1.72. The molecule has 1 amide bonds. The molecule has 0 spiro atoms. The van der Waals surface area contributed by atoms with Crippen LogP contribution in [0, 0.1) is 0 Å². The van der Waals surface area contributed by atoms with Gasteiger partial charge in [0.25, 0.3) is 5.91 Å². The molecule has 2 aromatic carbocycles. The van der Waals surface area contributed by atoms with Gasteiger partial charge in [0.1, 0.15) is 5.75 Å². The quantitative estimate of drug-likeness (QED) is 0.644. The second kappa shape index (κ2) is 9.73. The van der Waals surface area contributed by atoms with Crippen molar-refractivity contribution in [2.24, 2.45) is 0 Å². The Morgan fingerprint density at radius 3 is 2.26 bits per heavy atom. The molecular formula is C19H23ClN2O4S. The van der Waals surface area contributed by atoms with Crippen molar-refractivity contribution in [1.29, 1.82) is 0 Å². The van der Waals surface area contributed by atoms with Gasteiger partial charge in [0, 0.05) is 31.2 Å². The summed E-state index contributed by atoms with van der Waals surface area (Å²) in [6.45, 7) is 1.06. The Labute approximate surface area is 165 Å². The molecule has 0 saturated heterocycles. The molecule has 27 heavy (non-hydrogen) atoms. The molecule has 8 heteroatoms. The summed E-state index contributed by atoms with van der Waals surface area (Å²) in [6, 6.07) is 13.0. The summed E-state index contributed by atoms with van der Waals surface area (Å²) in [4.78, 5) is 12.3. The van der Waals surface area contributed by atoms with Crippen LogP contribution in [-0.2, 0) is 10.0 Å². The van der Waals surface area contributed by atoms with Crippen LogP contribution in [0.2, 0.25) is 5.02 Å². The van der Waals surface area contributed by atoms with Gasteiger partial charge in [-0.15, -0.1) is 0 Å². The van der Waals surface area contributed by atoms with Crippen molar-refractivity contribution in [3.8, 4) is 5.75 Å². The number of rotatable bonds is 9. The molecule has 0 aliphatic heterocycles. The Morgan fingerprint density at radius 2 is 1.67 bits per heavy atom. The van der Waals surface area contributed by atoms with Crippen molar-refractivity contribution in [2.75, 3.05) is 27.2 Å². The van der Waals surface area contributed by atoms with E-state index in [-0.39, 0.29) is 10.8 Å². The van der Waals surface area contributed by atoms with E-state index in [9.17, 15) is 13.2 Å². The molecule has 0 aliphatic carbocycles. The van der Waals surface area contributed by atoms with Crippen LogP contribution in [0.25, 0.3) is 0 Å². The highest BCUT2D eigenvalue weighted by Crippen LogP contribution is 2.16. The molecule has 146 valence electrons. The van der Waals surface area contributed by atoms with Crippen molar-refractivity contribution in [2.45, 2.75) is 17.7 Å². The standard InChI is InChI=1S/C19H23ClN2O4S/c1-22(2)27(24,25)18-11-5-15(6-12-18)19(23)21-13-3-4-14-26-17-9-7-16(20)8-10-17/h5-12H,3-4,13-14H2,1-2H3,(H,21,23). The summed E-state index contributed by atoms with van der Waals surface area (Å²) in [7, 11) is -0.562. The largest absolute Gasteiger partial charge is 0.494 e. The van der Waals surface area contributed by atoms with Gasteiger partial charge in [-0.3, -0.25) is 4.79 Å². The molecule has 0 aromatic heterocycles. The SMILES string of the molecule is CN(C)S(=O)(=O)c1ccc(C(=O)NCCCCOc2ccc(Cl)cc2)cc1. The molecule has 0 radical (unpaired) electrons. The Bertz CT molecular complexity index is 850. The number of carbonyl (C=O) groups excluding carboxylic acids is 1. The lowest BCUT2D eigenvalue weighted by atomic mass is 10.2. The van der Waals surface area contributed by atoms with Gasteiger partial charge in [-0.1, -0.05) is 11.6 Å². The molecule has 6 nitrogen and oxygen atoms in total. The Kier molecular flexibility index (Phi) is 7.65. The maximum Gasteiger partial charge on any atom is 0.251 e. The number of ether oxygens (including phenoxy) is 1. The van der Waals surface area contributed by atoms with Crippen LogP contribution in [0.5, 0.6) is 5.75 Å². The molecule has 2 aromatic rings. The fraction of sp³-hybridized carbons (Fsp3) is 0.316. The molecule has 0 aliphatic rings. The van der Waals surface area contributed by atoms with Crippen LogP contribution in [-0.4, -0.2) is 45.9 Å². The van der Waals surface area contributed by atoms with Crippen LogP contribution >= 0.6 is 11.6 Å². The zero-order chi connectivity index (χ0) is 19.9. The molecule has 2 rings (SSSR count). The van der Waals surface area contributed by atoms with E-state index in [1.54, 1.807) is 12.1 Å². The average Bonchev–Trinajstić information content (AvgIpc) is 2.65. The molecular weight excluding hydrogens is 388 g/mol. The van der Waals surface area contributed by atoms with Gasteiger partial charge >= 0.3 is 0 Å². The number of carbonyl (C=O) groups is 1. The number of nitrogens with one attached hydrogen (secondary N) is 1. The lowest BCUT2D eigenvalue weighted by Gasteiger charge is -2.11. The van der Waals surface area contributed by atoms with E-state index in [2.05, 4.69) is 5.32 Å². The van der Waals surface area contributed by atoms with Crippen LogP contribution in [0.4, 0.5) is 0 Å². The van der Waals surface area contributed by atoms with Crippen molar-refractivity contribution >= 4 is 27.5 Å². The molecule has 0 heterocycles. The topological polar surface area (TPSA) is 75.7 Å². The Morgan fingerprint density at radius 1 is 1.04 bits per heavy atom. The first kappa shape index (κ1) is 21.2. The monoisotopic (exact) mass is 410 g/mol. The molecule has 0 unspecified atom stereocenters. The smallest absolute Gasteiger partial charge is 0.251 e. The number of hydrogen-bond acceptors (Lipinski definition) is 4. The summed E-state index contributed by atoms with van der Waals surface area (Å²) < 4.78 is 30.7. The van der Waals surface area contributed by atoms with Crippen molar-refractivity contribution in [3.63, 3.8) is 0 Å². The lowest BCUT2D eigenvalue weighted by molar-refractivity contribution is 0.0952. The summed E-state index contributed by atoms with van der Waals surface area (Å²) in [6.07, 6.45) is 1.56. The number of unbranched alkanes of at least 4 members (excludes halogenated alkanes) is 1. The van der Waals surface area contributed by atoms with Gasteiger partial charge in [-0.25, -0.2) is 12.7 Å². The third-order valence-corrected chi connectivity index (χ3v) is 5.92. The first-order valence-electron chi connectivity index (χ1n) is 8.50. The number of hydrogen-bond donors (Lipinski definition) is 1. The number of amides is 1. The zero-order valence-electron chi connectivity index (χ0n) is 15.3. The minimum atomic E-state index is -3.49. The minimum Gasteiger partial charge on any atom is -0.494 e. The number of nitrogens with zero attached hydrogens (tertiary/aromatic N) is 1. The zero-order valence-corrected chi connectivity index (χ0v) is 16.9. The van der Waals surface area contributed by atoms with E-state index in [1.165, 1.54) is 38.4 Å². The first-order chi connectivity index (χ1) is 12.8. The van der Waals surface area contributed by atoms with Gasteiger partial charge in [0.05, 0.1) is 11.5 Å². The first-order valence-corrected chi connectivity index (χ1v) is 10.3. The highest BCUT2D eigenvalue weighted by molar-refractivity contribution is 7.89. The van der Waals surface area contributed by atoms with Crippen LogP contribution in [0.15, 0.2) is 53.4 Å². The fourth-order valence-electron chi connectivity index (χ4n) is 2.24. The van der Waals surface area contributed by atoms with E-state index in [1.807, 2.05) is 12.1 Å². The minimum absolute atomic E-state index is 0.156. The predicted octanol–water partition coefficient (Wildman–Crippen LogP) is 3.18. The summed E-state index contributed by atoms with van der Waals surface area (Å²) in [5, 5.41) is 3.48. The van der Waals surface area contributed by atoms with Gasteiger partial charge in [-0.2, -0.15) is 0 Å². The molecule has 1 N–H and O–H groups in total. The molecule has 0 fully saturated rings. The van der Waals surface area contributed by atoms with Gasteiger partial charge in [0.2, 0.25) is 10.0 Å². The highest BCUT2D eigenvalue weighted by Gasteiger charge is 2.17. The molecule has 0 saturated carbocycles. The maximum absolute atomic E-state index is 12.1. The van der Waals surface area contributed by atoms with E-state index in [0.29, 0.717) is 23.7 Å². The summed E-state index contributed by atoms with van der Waals surface area (Å²) in [5.74, 6) is 0.527. The third-order valence-electron chi connectivity index (χ3n) is 3.83. The summed E-state index contributed by atoms with van der Waals surface area (Å²) in [5.41, 5.74) is 0.421. The van der Waals surface area contributed by atoms with E-state index in [0.717, 1.165) is 22.9 Å². The van der Waals surface area contributed by atoms with Gasteiger partial charge in [-0.05, 0) is 61.4 Å². The number of sulfonamides is 1. The molecule has 0 atom stereocenters. The maximum atomic E-state index is 12.1. The van der Waals surface area contributed by atoms with Gasteiger partial charge in [0.15, 0.2) is 0 Å². The van der Waals surface area contributed by atoms with Crippen molar-refractivity contribution in [3.05, 3.63) is 59.1 Å². The fourth-order valence-corrected chi connectivity index (χ4v) is 3.27. The van der Waals surface area contributed by atoms with Crippen LogP contribution in [0.3, 0.4) is 0 Å². The summed E-state index contributed by atoms with van der Waals surface area (Å²) >= 11 is 5.81. The highest BCUT2D eigenvalue weighted by atomic mass is 35.5. The second-order valence-electron chi connectivity index (χ2n) is 6.08. The number of benzene rings is 2. The van der Waals surface area contributed by atoms with Crippen molar-refractivity contribution < 1.29 is 17.9 Å². The van der Waals surface area contributed by atoms with Crippen LogP contribution < -0.4 is 10.1 Å². The van der Waals surface area contributed by atoms with Gasteiger partial charge < -0.3 is 10.1 Å². The van der Waals surface area contributed by atoms with Crippen LogP contribution in [0.1, 0.15) is 23.2 Å². The van der Waals surface area contributed by atoms with Crippen molar-refractivity contribution in [1.82, 2.24) is 9.62 Å². The van der Waals surface area contributed by atoms with E-state index < -0.39 is 10.0 Å². The predicted molar refractivity (Wildman–Crippen MR) is 106 cm³/mol. The normalized spacial score (nSPS) is 11.4. The number of halogens is 1. The molecule has 0 bridgehead atoms. The van der Waals surface area contributed by atoms with E-state index >= 15 is 0 Å².